The number of carbonyl (C=O) groups excluding carboxylic acids is 2. The third-order valence-corrected chi connectivity index (χ3v) is 7.62. The van der Waals surface area contributed by atoms with Gasteiger partial charge in [-0.2, -0.15) is 0 Å². The summed E-state index contributed by atoms with van der Waals surface area (Å²) in [6.07, 6.45) is 3.55. The van der Waals surface area contributed by atoms with Crippen LogP contribution in [-0.2, 0) is 24.0 Å². The molecule has 2 atom stereocenters. The number of amides is 1. The largest absolute Gasteiger partial charge is 0.348 e. The fourth-order valence-electron chi connectivity index (χ4n) is 3.53. The second kappa shape index (κ2) is 9.40. The fourth-order valence-corrected chi connectivity index (χ4v) is 5.23. The molecule has 32 heavy (non-hydrogen) atoms. The number of pyridine rings is 1. The Morgan fingerprint density at radius 3 is 2.53 bits per heavy atom. The van der Waals surface area contributed by atoms with E-state index in [2.05, 4.69) is 10.3 Å². The van der Waals surface area contributed by atoms with E-state index in [1.165, 1.54) is 0 Å². The molecular formula is C23H19Cl2N3O3S. The maximum Gasteiger partial charge on any atom is 0.251 e. The Bertz CT molecular complexity index is 1220. The number of benzene rings is 2. The van der Waals surface area contributed by atoms with Crippen molar-refractivity contribution in [2.24, 2.45) is 0 Å². The third-order valence-electron chi connectivity index (χ3n) is 5.28. The van der Waals surface area contributed by atoms with Crippen molar-refractivity contribution in [3.8, 4) is 0 Å². The van der Waals surface area contributed by atoms with Crippen LogP contribution in [0.1, 0.15) is 31.8 Å². The maximum absolute atomic E-state index is 13.3. The summed E-state index contributed by atoms with van der Waals surface area (Å²) in [6.45, 7) is 0.344. The highest BCUT2D eigenvalue weighted by Crippen LogP contribution is 2.33. The van der Waals surface area contributed by atoms with Crippen molar-refractivity contribution in [3.63, 3.8) is 0 Å². The quantitative estimate of drug-likeness (QED) is 0.583. The molecule has 1 aromatic heterocycles. The van der Waals surface area contributed by atoms with Crippen LogP contribution in [0.2, 0.25) is 10.0 Å². The van der Waals surface area contributed by atoms with E-state index in [-0.39, 0.29) is 18.1 Å². The van der Waals surface area contributed by atoms with Crippen molar-refractivity contribution in [2.45, 2.75) is 18.2 Å². The van der Waals surface area contributed by atoms with Crippen LogP contribution in [0.25, 0.3) is 0 Å². The average Bonchev–Trinajstić information content (AvgIpc) is 2.81. The Kier molecular flexibility index (Phi) is 6.60. The van der Waals surface area contributed by atoms with E-state index in [0.29, 0.717) is 33.4 Å². The molecule has 0 aliphatic carbocycles. The smallest absolute Gasteiger partial charge is 0.251 e. The Morgan fingerprint density at radius 1 is 1.06 bits per heavy atom. The standard InChI is InChI=1S/C23H19Cl2N3O3S/c1-28-20-5-3-16(23(30)27-13-14-6-8-26-9-7-14)12-17(20)22(29)21(32(28)31)11-15-2-4-18(24)19(25)10-15/h2-10,12,21H,11,13H2,1H3,(H,27,30). The number of nitrogens with zero attached hydrogens (tertiary/aromatic N) is 2. The summed E-state index contributed by atoms with van der Waals surface area (Å²) in [5.74, 6) is -0.570. The molecule has 3 aromatic rings. The molecule has 0 fully saturated rings. The van der Waals surface area contributed by atoms with Crippen LogP contribution >= 0.6 is 23.2 Å². The molecule has 1 aliphatic heterocycles. The minimum absolute atomic E-state index is 0.241. The number of rotatable bonds is 5. The molecular weight excluding hydrogens is 469 g/mol. The summed E-state index contributed by atoms with van der Waals surface area (Å²) in [7, 11) is 0.102. The lowest BCUT2D eigenvalue weighted by Gasteiger charge is -2.31. The Balaban J connectivity index is 1.57. The third kappa shape index (κ3) is 4.55. The number of anilines is 1. The molecule has 2 aromatic carbocycles. The second-order valence-corrected chi connectivity index (χ2v) is 9.83. The molecule has 9 heteroatoms. The molecule has 2 heterocycles. The van der Waals surface area contributed by atoms with Crippen LogP contribution in [0.4, 0.5) is 5.69 Å². The molecule has 2 unspecified atom stereocenters. The minimum atomic E-state index is -1.57. The first-order chi connectivity index (χ1) is 15.3. The van der Waals surface area contributed by atoms with E-state index in [1.807, 2.05) is 12.1 Å². The molecule has 1 amide bonds. The van der Waals surface area contributed by atoms with E-state index < -0.39 is 16.2 Å². The molecule has 164 valence electrons. The van der Waals surface area contributed by atoms with Gasteiger partial charge in [0, 0.05) is 37.1 Å². The van der Waals surface area contributed by atoms with Crippen LogP contribution < -0.4 is 9.62 Å². The number of carbonyl (C=O) groups is 2. The van der Waals surface area contributed by atoms with Gasteiger partial charge < -0.3 is 5.32 Å². The first-order valence-electron chi connectivity index (χ1n) is 9.79. The molecule has 1 N–H and O–H groups in total. The lowest BCUT2D eigenvalue weighted by Crippen LogP contribution is -2.42. The first kappa shape index (κ1) is 22.5. The van der Waals surface area contributed by atoms with Crippen molar-refractivity contribution in [1.29, 1.82) is 0 Å². The maximum atomic E-state index is 13.3. The molecule has 0 saturated carbocycles. The van der Waals surface area contributed by atoms with Gasteiger partial charge in [-0.3, -0.25) is 18.9 Å². The number of hydrogen-bond acceptors (Lipinski definition) is 4. The SMILES string of the molecule is CN1c2ccc(C(=O)NCc3ccncc3)cc2C(=O)C(Cc2ccc(Cl)c(Cl)c2)S1=O. The number of fused-ring (bicyclic) bond motifs is 1. The zero-order chi connectivity index (χ0) is 22.8. The lowest BCUT2D eigenvalue weighted by atomic mass is 9.98. The second-order valence-electron chi connectivity index (χ2n) is 7.35. The molecule has 1 aliphatic rings. The average molecular weight is 488 g/mol. The number of Topliss-reactive ketones (excluding diaryl/α,β-unsaturated/α-hetero) is 1. The van der Waals surface area contributed by atoms with Crippen molar-refractivity contribution >= 4 is 51.6 Å². The summed E-state index contributed by atoms with van der Waals surface area (Å²) < 4.78 is 14.6. The van der Waals surface area contributed by atoms with E-state index >= 15 is 0 Å². The zero-order valence-electron chi connectivity index (χ0n) is 17.0. The number of aromatic nitrogens is 1. The van der Waals surface area contributed by atoms with Gasteiger partial charge in [0.2, 0.25) is 0 Å². The topological polar surface area (TPSA) is 79.4 Å². The van der Waals surface area contributed by atoms with Gasteiger partial charge in [-0.1, -0.05) is 29.3 Å². The van der Waals surface area contributed by atoms with Gasteiger partial charge in [-0.15, -0.1) is 0 Å². The van der Waals surface area contributed by atoms with Gasteiger partial charge in [-0.25, -0.2) is 4.21 Å². The van der Waals surface area contributed by atoms with E-state index in [0.717, 1.165) is 11.1 Å². The summed E-state index contributed by atoms with van der Waals surface area (Å²) in [4.78, 5) is 29.9. The van der Waals surface area contributed by atoms with Crippen molar-refractivity contribution in [2.75, 3.05) is 11.4 Å². The molecule has 0 bridgehead atoms. The van der Waals surface area contributed by atoms with E-state index in [1.54, 1.807) is 60.1 Å². The summed E-state index contributed by atoms with van der Waals surface area (Å²) in [5, 5.41) is 2.84. The monoisotopic (exact) mass is 487 g/mol. The zero-order valence-corrected chi connectivity index (χ0v) is 19.4. The van der Waals surface area contributed by atoms with Gasteiger partial charge in [-0.05, 0) is 60.0 Å². The van der Waals surface area contributed by atoms with Crippen LogP contribution in [0.3, 0.4) is 0 Å². The lowest BCUT2D eigenvalue weighted by molar-refractivity contribution is 0.0951. The molecule has 4 rings (SSSR count). The fraction of sp³-hybridized carbons (Fsp3) is 0.174. The number of nitrogens with one attached hydrogen (secondary N) is 1. The normalized spacial score (nSPS) is 17.7. The van der Waals surface area contributed by atoms with Crippen LogP contribution in [0.5, 0.6) is 0 Å². The highest BCUT2D eigenvalue weighted by Gasteiger charge is 2.37. The Hall–Kier alpha value is -2.74. The molecule has 0 radical (unpaired) electrons. The molecule has 0 saturated heterocycles. The van der Waals surface area contributed by atoms with Gasteiger partial charge in [0.25, 0.3) is 5.91 Å². The predicted molar refractivity (Wildman–Crippen MR) is 127 cm³/mol. The summed E-state index contributed by atoms with van der Waals surface area (Å²) in [5.41, 5.74) is 2.94. The minimum Gasteiger partial charge on any atom is -0.348 e. The highest BCUT2D eigenvalue weighted by molar-refractivity contribution is 7.88. The Labute approximate surface area is 198 Å². The van der Waals surface area contributed by atoms with Gasteiger partial charge >= 0.3 is 0 Å². The Morgan fingerprint density at radius 2 is 1.81 bits per heavy atom. The van der Waals surface area contributed by atoms with Crippen molar-refractivity contribution in [1.82, 2.24) is 10.3 Å². The number of ketones is 1. The van der Waals surface area contributed by atoms with E-state index in [9.17, 15) is 13.8 Å². The van der Waals surface area contributed by atoms with E-state index in [4.69, 9.17) is 23.2 Å². The van der Waals surface area contributed by atoms with Crippen LogP contribution in [-0.4, -0.2) is 33.2 Å². The van der Waals surface area contributed by atoms with Crippen molar-refractivity contribution < 1.29 is 13.8 Å². The summed E-state index contributed by atoms with van der Waals surface area (Å²) in [6, 6.07) is 13.6. The van der Waals surface area contributed by atoms with Gasteiger partial charge in [0.15, 0.2) is 5.78 Å². The highest BCUT2D eigenvalue weighted by atomic mass is 35.5. The first-order valence-corrected chi connectivity index (χ1v) is 11.7. The molecule has 0 spiro atoms. The predicted octanol–water partition coefficient (Wildman–Crippen LogP) is 4.23. The summed E-state index contributed by atoms with van der Waals surface area (Å²) >= 11 is 12.1. The number of halogens is 2. The van der Waals surface area contributed by atoms with Gasteiger partial charge in [0.1, 0.15) is 16.2 Å². The van der Waals surface area contributed by atoms with Gasteiger partial charge in [0.05, 0.1) is 15.7 Å². The molecule has 6 nitrogen and oxygen atoms in total. The van der Waals surface area contributed by atoms with Crippen LogP contribution in [0.15, 0.2) is 60.9 Å². The number of hydrogen-bond donors (Lipinski definition) is 1. The van der Waals surface area contributed by atoms with Crippen LogP contribution in [0, 0.1) is 0 Å². The van der Waals surface area contributed by atoms with Crippen molar-refractivity contribution in [3.05, 3.63) is 93.2 Å².